The highest BCUT2D eigenvalue weighted by atomic mass is 16.5. The minimum absolute atomic E-state index is 0.106. The standard InChI is InChI=1S/C17H22N4O3/c1-11(18-16(23)15-5-4-8-21(15)10-22)12-6-7-14-13(9-12)17(24-3)19-20(14)2/h6-7,9-11,15H,4-5,8H2,1-3H3,(H,18,23). The Morgan fingerprint density at radius 3 is 3.00 bits per heavy atom. The van der Waals surface area contributed by atoms with E-state index in [0.29, 0.717) is 18.8 Å². The van der Waals surface area contributed by atoms with Gasteiger partial charge in [0.1, 0.15) is 6.04 Å². The van der Waals surface area contributed by atoms with E-state index >= 15 is 0 Å². The van der Waals surface area contributed by atoms with Gasteiger partial charge in [-0.1, -0.05) is 6.07 Å². The molecule has 1 N–H and O–H groups in total. The summed E-state index contributed by atoms with van der Waals surface area (Å²) in [6.45, 7) is 2.58. The van der Waals surface area contributed by atoms with Gasteiger partial charge in [0.25, 0.3) is 0 Å². The van der Waals surface area contributed by atoms with Crippen molar-refractivity contribution >= 4 is 23.2 Å². The zero-order chi connectivity index (χ0) is 17.3. The number of carbonyl (C=O) groups is 2. The third kappa shape index (κ3) is 2.81. The summed E-state index contributed by atoms with van der Waals surface area (Å²) in [6.07, 6.45) is 2.34. The average Bonchev–Trinajstić information content (AvgIpc) is 3.18. The van der Waals surface area contributed by atoms with Crippen molar-refractivity contribution in [2.24, 2.45) is 7.05 Å². The molecule has 2 atom stereocenters. The predicted octanol–water partition coefficient (Wildman–Crippen LogP) is 1.38. The van der Waals surface area contributed by atoms with E-state index in [0.717, 1.165) is 29.3 Å². The van der Waals surface area contributed by atoms with Crippen LogP contribution in [0.1, 0.15) is 31.4 Å². The third-order valence-corrected chi connectivity index (χ3v) is 4.62. The Bertz CT molecular complexity index is 771. The number of aryl methyl sites for hydroxylation is 1. The summed E-state index contributed by atoms with van der Waals surface area (Å²) in [5.74, 6) is 0.459. The number of hydrogen-bond acceptors (Lipinski definition) is 4. The van der Waals surface area contributed by atoms with Crippen LogP contribution in [0.15, 0.2) is 18.2 Å². The molecule has 1 aromatic carbocycles. The highest BCUT2D eigenvalue weighted by Crippen LogP contribution is 2.27. The fraction of sp³-hybridized carbons (Fsp3) is 0.471. The van der Waals surface area contributed by atoms with Gasteiger partial charge in [0, 0.05) is 13.6 Å². The zero-order valence-electron chi connectivity index (χ0n) is 14.2. The normalized spacial score (nSPS) is 18.6. The summed E-state index contributed by atoms with van der Waals surface area (Å²) in [7, 11) is 3.46. The average molecular weight is 330 g/mol. The largest absolute Gasteiger partial charge is 0.479 e. The van der Waals surface area contributed by atoms with E-state index in [4.69, 9.17) is 4.74 Å². The number of carbonyl (C=O) groups excluding carboxylic acids is 2. The lowest BCUT2D eigenvalue weighted by atomic mass is 10.1. The maximum atomic E-state index is 12.4. The highest BCUT2D eigenvalue weighted by molar-refractivity contribution is 5.86. The molecule has 1 aromatic heterocycles. The number of benzene rings is 1. The monoisotopic (exact) mass is 330 g/mol. The summed E-state index contributed by atoms with van der Waals surface area (Å²) in [4.78, 5) is 25.0. The van der Waals surface area contributed by atoms with E-state index in [1.807, 2.05) is 32.2 Å². The van der Waals surface area contributed by atoms with Gasteiger partial charge in [0.15, 0.2) is 0 Å². The maximum absolute atomic E-state index is 12.4. The summed E-state index contributed by atoms with van der Waals surface area (Å²) in [6, 6.07) is 5.40. The van der Waals surface area contributed by atoms with E-state index < -0.39 is 0 Å². The van der Waals surface area contributed by atoms with E-state index in [2.05, 4.69) is 10.4 Å². The van der Waals surface area contributed by atoms with Gasteiger partial charge in [-0.2, -0.15) is 0 Å². The lowest BCUT2D eigenvalue weighted by Gasteiger charge is -2.22. The first-order valence-electron chi connectivity index (χ1n) is 8.07. The van der Waals surface area contributed by atoms with Crippen LogP contribution in [0, 0.1) is 0 Å². The number of methoxy groups -OCH3 is 1. The van der Waals surface area contributed by atoms with Crippen molar-refractivity contribution in [2.45, 2.75) is 31.8 Å². The van der Waals surface area contributed by atoms with Crippen molar-refractivity contribution in [1.82, 2.24) is 20.0 Å². The molecule has 7 heteroatoms. The van der Waals surface area contributed by atoms with Crippen LogP contribution >= 0.6 is 0 Å². The molecular formula is C17H22N4O3. The smallest absolute Gasteiger partial charge is 0.243 e. The van der Waals surface area contributed by atoms with Crippen molar-refractivity contribution in [3.05, 3.63) is 23.8 Å². The van der Waals surface area contributed by atoms with E-state index in [1.165, 1.54) is 0 Å². The van der Waals surface area contributed by atoms with Crippen LogP contribution in [0.25, 0.3) is 10.9 Å². The molecular weight excluding hydrogens is 308 g/mol. The maximum Gasteiger partial charge on any atom is 0.243 e. The molecule has 0 spiro atoms. The van der Waals surface area contributed by atoms with Crippen LogP contribution in [0.3, 0.4) is 0 Å². The lowest BCUT2D eigenvalue weighted by Crippen LogP contribution is -2.43. The topological polar surface area (TPSA) is 76.5 Å². The van der Waals surface area contributed by atoms with Crippen LogP contribution in [0.4, 0.5) is 0 Å². The van der Waals surface area contributed by atoms with Gasteiger partial charge in [-0.3, -0.25) is 14.3 Å². The van der Waals surface area contributed by atoms with Gasteiger partial charge in [-0.05, 0) is 37.5 Å². The van der Waals surface area contributed by atoms with Gasteiger partial charge in [-0.25, -0.2) is 0 Å². The van der Waals surface area contributed by atoms with Crippen LogP contribution in [-0.2, 0) is 16.6 Å². The van der Waals surface area contributed by atoms with Crippen LogP contribution < -0.4 is 10.1 Å². The van der Waals surface area contributed by atoms with Gasteiger partial charge in [0.2, 0.25) is 18.2 Å². The minimum atomic E-state index is -0.360. The molecule has 2 unspecified atom stereocenters. The van der Waals surface area contributed by atoms with Crippen molar-refractivity contribution in [2.75, 3.05) is 13.7 Å². The molecule has 24 heavy (non-hydrogen) atoms. The van der Waals surface area contributed by atoms with Crippen LogP contribution in [0.5, 0.6) is 5.88 Å². The Balaban J connectivity index is 1.79. The molecule has 2 heterocycles. The Morgan fingerprint density at radius 2 is 2.29 bits per heavy atom. The second-order valence-electron chi connectivity index (χ2n) is 6.14. The summed E-state index contributed by atoms with van der Waals surface area (Å²) in [5.41, 5.74) is 1.94. The second-order valence-corrected chi connectivity index (χ2v) is 6.14. The van der Waals surface area contributed by atoms with E-state index in [-0.39, 0.29) is 18.0 Å². The molecule has 0 radical (unpaired) electrons. The van der Waals surface area contributed by atoms with Crippen LogP contribution in [-0.4, -0.2) is 46.7 Å². The Hall–Kier alpha value is -2.57. The van der Waals surface area contributed by atoms with Crippen molar-refractivity contribution in [3.63, 3.8) is 0 Å². The molecule has 1 fully saturated rings. The molecule has 0 aliphatic carbocycles. The fourth-order valence-corrected chi connectivity index (χ4v) is 3.26. The number of rotatable bonds is 5. The van der Waals surface area contributed by atoms with Gasteiger partial charge < -0.3 is 15.0 Å². The van der Waals surface area contributed by atoms with E-state index in [1.54, 1.807) is 16.7 Å². The number of nitrogens with zero attached hydrogens (tertiary/aromatic N) is 3. The molecule has 0 bridgehead atoms. The van der Waals surface area contributed by atoms with Crippen LogP contribution in [0.2, 0.25) is 0 Å². The number of ether oxygens (including phenoxy) is 1. The molecule has 0 saturated carbocycles. The molecule has 1 saturated heterocycles. The molecule has 3 rings (SSSR count). The first kappa shape index (κ1) is 16.3. The number of fused-ring (bicyclic) bond motifs is 1. The Labute approximate surface area is 140 Å². The number of likely N-dealkylation sites (tertiary alicyclic amines) is 1. The summed E-state index contributed by atoms with van der Waals surface area (Å²) < 4.78 is 7.07. The van der Waals surface area contributed by atoms with Crippen molar-refractivity contribution < 1.29 is 14.3 Å². The molecule has 7 nitrogen and oxygen atoms in total. The number of nitrogens with one attached hydrogen (secondary N) is 1. The lowest BCUT2D eigenvalue weighted by molar-refractivity contribution is -0.131. The highest BCUT2D eigenvalue weighted by Gasteiger charge is 2.30. The molecule has 1 aliphatic heterocycles. The minimum Gasteiger partial charge on any atom is -0.479 e. The molecule has 2 aromatic rings. The number of hydrogen-bond donors (Lipinski definition) is 1. The van der Waals surface area contributed by atoms with Gasteiger partial charge in [0.05, 0.1) is 24.1 Å². The molecule has 2 amide bonds. The van der Waals surface area contributed by atoms with E-state index in [9.17, 15) is 9.59 Å². The summed E-state index contributed by atoms with van der Waals surface area (Å²) in [5, 5.41) is 8.23. The number of aromatic nitrogens is 2. The zero-order valence-corrected chi connectivity index (χ0v) is 14.2. The first-order chi connectivity index (χ1) is 11.5. The quantitative estimate of drug-likeness (QED) is 0.840. The third-order valence-electron chi connectivity index (χ3n) is 4.62. The molecule has 128 valence electrons. The Kier molecular flexibility index (Phi) is 4.42. The Morgan fingerprint density at radius 1 is 1.50 bits per heavy atom. The van der Waals surface area contributed by atoms with Crippen molar-refractivity contribution in [3.8, 4) is 5.88 Å². The second kappa shape index (κ2) is 6.51. The SMILES string of the molecule is COc1nn(C)c2ccc(C(C)NC(=O)C3CCCN3C=O)cc12. The van der Waals surface area contributed by atoms with Gasteiger partial charge >= 0.3 is 0 Å². The molecule has 1 aliphatic rings. The summed E-state index contributed by atoms with van der Waals surface area (Å²) >= 11 is 0. The van der Waals surface area contributed by atoms with Gasteiger partial charge in [-0.15, -0.1) is 5.10 Å². The predicted molar refractivity (Wildman–Crippen MR) is 89.6 cm³/mol. The fourth-order valence-electron chi connectivity index (χ4n) is 3.26. The first-order valence-corrected chi connectivity index (χ1v) is 8.07. The number of amides is 2. The van der Waals surface area contributed by atoms with Crippen molar-refractivity contribution in [1.29, 1.82) is 0 Å².